The van der Waals surface area contributed by atoms with E-state index in [9.17, 15) is 0 Å². The average molecular weight is 116 g/mol. The number of methoxy groups -OCH3 is 1. The molecule has 0 atom stereocenters. The Kier molecular flexibility index (Phi) is 2.30. The predicted molar refractivity (Wildman–Crippen MR) is 30.6 cm³/mol. The van der Waals surface area contributed by atoms with Crippen LogP contribution in [0.1, 0.15) is 12.8 Å². The summed E-state index contributed by atoms with van der Waals surface area (Å²) < 4.78 is 9.78. The molecule has 1 rings (SSSR count). The van der Waals surface area contributed by atoms with Crippen LogP contribution in [0.2, 0.25) is 0 Å². The molecule has 0 amide bonds. The molecule has 1 aliphatic rings. The van der Waals surface area contributed by atoms with Crippen molar-refractivity contribution in [2.45, 2.75) is 12.8 Å². The Morgan fingerprint density at radius 2 is 2.25 bits per heavy atom. The van der Waals surface area contributed by atoms with E-state index in [2.05, 4.69) is 0 Å². The Morgan fingerprint density at radius 1 is 1.50 bits per heavy atom. The molecule has 0 N–H and O–H groups in total. The smallest absolute Gasteiger partial charge is 0.146 e. The van der Waals surface area contributed by atoms with Crippen LogP contribution < -0.4 is 0 Å². The average Bonchev–Trinajstić information content (AvgIpc) is 2.51. The van der Waals surface area contributed by atoms with Gasteiger partial charge in [0.2, 0.25) is 0 Å². The minimum Gasteiger partial charge on any atom is -0.359 e. The summed E-state index contributed by atoms with van der Waals surface area (Å²) in [6, 6.07) is 0. The van der Waals surface area contributed by atoms with Crippen LogP contribution in [0.15, 0.2) is 0 Å². The standard InChI is InChI=1S/C6H12O2/c1-7-5-8-4-6-2-3-6/h6H,2-5H2,1H3. The van der Waals surface area contributed by atoms with Crippen molar-refractivity contribution in [3.05, 3.63) is 0 Å². The van der Waals surface area contributed by atoms with Gasteiger partial charge in [0.1, 0.15) is 6.79 Å². The summed E-state index contributed by atoms with van der Waals surface area (Å²) in [6.45, 7) is 1.35. The Bertz CT molecular complexity index is 59.5. The van der Waals surface area contributed by atoms with Gasteiger partial charge in [-0.25, -0.2) is 0 Å². The Hall–Kier alpha value is -0.0800. The van der Waals surface area contributed by atoms with Gasteiger partial charge < -0.3 is 9.47 Å². The molecule has 0 heterocycles. The van der Waals surface area contributed by atoms with Crippen LogP contribution in [0.3, 0.4) is 0 Å². The summed E-state index contributed by atoms with van der Waals surface area (Å²) >= 11 is 0. The van der Waals surface area contributed by atoms with Gasteiger partial charge in [-0.3, -0.25) is 0 Å². The molecule has 2 heteroatoms. The summed E-state index contributed by atoms with van der Waals surface area (Å²) in [5.41, 5.74) is 0. The van der Waals surface area contributed by atoms with E-state index in [0.717, 1.165) is 12.5 Å². The number of hydrogen-bond acceptors (Lipinski definition) is 2. The number of ether oxygens (including phenoxy) is 2. The minimum atomic E-state index is 0.455. The third-order valence-corrected chi connectivity index (χ3v) is 1.25. The minimum absolute atomic E-state index is 0.455. The van der Waals surface area contributed by atoms with E-state index < -0.39 is 0 Å². The molecule has 2 nitrogen and oxygen atoms in total. The highest BCUT2D eigenvalue weighted by molar-refractivity contribution is 4.71. The molecule has 1 fully saturated rings. The molecule has 0 radical (unpaired) electrons. The van der Waals surface area contributed by atoms with Gasteiger partial charge >= 0.3 is 0 Å². The topological polar surface area (TPSA) is 18.5 Å². The zero-order chi connectivity index (χ0) is 5.82. The van der Waals surface area contributed by atoms with Crippen LogP contribution in [0.4, 0.5) is 0 Å². The molecule has 1 aliphatic carbocycles. The molecular formula is C6H12O2. The first-order valence-electron chi connectivity index (χ1n) is 3.00. The van der Waals surface area contributed by atoms with E-state index in [1.54, 1.807) is 7.11 Å². The van der Waals surface area contributed by atoms with Crippen molar-refractivity contribution in [2.75, 3.05) is 20.5 Å². The quantitative estimate of drug-likeness (QED) is 0.403. The van der Waals surface area contributed by atoms with Crippen molar-refractivity contribution in [1.82, 2.24) is 0 Å². The van der Waals surface area contributed by atoms with Crippen LogP contribution in [0, 0.1) is 5.92 Å². The molecule has 0 aromatic carbocycles. The monoisotopic (exact) mass is 116 g/mol. The lowest BCUT2D eigenvalue weighted by Crippen LogP contribution is -1.99. The molecule has 0 aliphatic heterocycles. The van der Waals surface area contributed by atoms with Crippen LogP contribution in [-0.2, 0) is 9.47 Å². The summed E-state index contributed by atoms with van der Waals surface area (Å²) in [5, 5.41) is 0. The molecule has 1 saturated carbocycles. The summed E-state index contributed by atoms with van der Waals surface area (Å²) in [7, 11) is 1.65. The molecule has 8 heavy (non-hydrogen) atoms. The van der Waals surface area contributed by atoms with Crippen molar-refractivity contribution >= 4 is 0 Å². The fraction of sp³-hybridized carbons (Fsp3) is 1.00. The molecule has 0 unspecified atom stereocenters. The van der Waals surface area contributed by atoms with Gasteiger partial charge in [0.05, 0.1) is 6.61 Å². The molecule has 0 spiro atoms. The SMILES string of the molecule is COCOCC1CC1. The fourth-order valence-electron chi connectivity index (χ4n) is 0.583. The van der Waals surface area contributed by atoms with Crippen molar-refractivity contribution in [2.24, 2.45) is 5.92 Å². The molecule has 0 bridgehead atoms. The van der Waals surface area contributed by atoms with Gasteiger partial charge in [0, 0.05) is 7.11 Å². The van der Waals surface area contributed by atoms with Gasteiger partial charge in [-0.2, -0.15) is 0 Å². The number of hydrogen-bond donors (Lipinski definition) is 0. The largest absolute Gasteiger partial charge is 0.359 e. The first kappa shape index (κ1) is 6.05. The van der Waals surface area contributed by atoms with Gasteiger partial charge in [0.15, 0.2) is 0 Å². The Morgan fingerprint density at radius 3 is 2.75 bits per heavy atom. The lowest BCUT2D eigenvalue weighted by Gasteiger charge is -1.97. The van der Waals surface area contributed by atoms with E-state index in [4.69, 9.17) is 9.47 Å². The summed E-state index contributed by atoms with van der Waals surface area (Å²) in [6.07, 6.45) is 2.70. The normalized spacial score (nSPS) is 19.1. The Labute approximate surface area is 49.8 Å². The maximum atomic E-state index is 5.08. The lowest BCUT2D eigenvalue weighted by atomic mass is 10.5. The molecule has 0 saturated heterocycles. The van der Waals surface area contributed by atoms with E-state index in [1.165, 1.54) is 12.8 Å². The zero-order valence-corrected chi connectivity index (χ0v) is 5.22. The van der Waals surface area contributed by atoms with Crippen molar-refractivity contribution in [3.63, 3.8) is 0 Å². The second kappa shape index (κ2) is 3.05. The maximum absolute atomic E-state index is 5.08. The van der Waals surface area contributed by atoms with Crippen LogP contribution in [-0.4, -0.2) is 20.5 Å². The van der Waals surface area contributed by atoms with Crippen molar-refractivity contribution < 1.29 is 9.47 Å². The van der Waals surface area contributed by atoms with Gasteiger partial charge in [-0.05, 0) is 18.8 Å². The van der Waals surface area contributed by atoms with Gasteiger partial charge in [-0.1, -0.05) is 0 Å². The molecule has 0 aromatic heterocycles. The van der Waals surface area contributed by atoms with E-state index >= 15 is 0 Å². The molecule has 48 valence electrons. The fourth-order valence-corrected chi connectivity index (χ4v) is 0.583. The van der Waals surface area contributed by atoms with Crippen LogP contribution >= 0.6 is 0 Å². The lowest BCUT2D eigenvalue weighted by molar-refractivity contribution is -0.0343. The van der Waals surface area contributed by atoms with Gasteiger partial charge in [-0.15, -0.1) is 0 Å². The second-order valence-electron chi connectivity index (χ2n) is 2.22. The van der Waals surface area contributed by atoms with E-state index in [0.29, 0.717) is 6.79 Å². The summed E-state index contributed by atoms with van der Waals surface area (Å²) in [4.78, 5) is 0. The third-order valence-electron chi connectivity index (χ3n) is 1.25. The maximum Gasteiger partial charge on any atom is 0.146 e. The second-order valence-corrected chi connectivity index (χ2v) is 2.22. The highest BCUT2D eigenvalue weighted by Gasteiger charge is 2.20. The summed E-state index contributed by atoms with van der Waals surface area (Å²) in [5.74, 6) is 0.852. The van der Waals surface area contributed by atoms with Crippen molar-refractivity contribution in [1.29, 1.82) is 0 Å². The third kappa shape index (κ3) is 2.28. The van der Waals surface area contributed by atoms with Crippen LogP contribution in [0.25, 0.3) is 0 Å². The molecule has 0 aromatic rings. The first-order chi connectivity index (χ1) is 3.93. The van der Waals surface area contributed by atoms with E-state index in [-0.39, 0.29) is 0 Å². The highest BCUT2D eigenvalue weighted by Crippen LogP contribution is 2.28. The highest BCUT2D eigenvalue weighted by atomic mass is 16.7. The predicted octanol–water partition coefficient (Wildman–Crippen LogP) is 1.02. The number of rotatable bonds is 4. The van der Waals surface area contributed by atoms with Gasteiger partial charge in [0.25, 0.3) is 0 Å². The zero-order valence-electron chi connectivity index (χ0n) is 5.22. The van der Waals surface area contributed by atoms with E-state index in [1.807, 2.05) is 0 Å². The van der Waals surface area contributed by atoms with Crippen molar-refractivity contribution in [3.8, 4) is 0 Å². The Balaban J connectivity index is 1.74. The molecular weight excluding hydrogens is 104 g/mol. The first-order valence-corrected chi connectivity index (χ1v) is 3.00. The van der Waals surface area contributed by atoms with Crippen LogP contribution in [0.5, 0.6) is 0 Å².